The second kappa shape index (κ2) is 5.49. The first-order valence-corrected chi connectivity index (χ1v) is 6.79. The van der Waals surface area contributed by atoms with E-state index in [-0.39, 0.29) is 5.84 Å². The number of nitrogens with two attached hydrogens (primary N) is 1. The Hall–Kier alpha value is -1.40. The summed E-state index contributed by atoms with van der Waals surface area (Å²) in [6.07, 6.45) is 0. The summed E-state index contributed by atoms with van der Waals surface area (Å²) in [5.41, 5.74) is 6.70. The monoisotopic (exact) mass is 322 g/mol. The minimum absolute atomic E-state index is 0.0434. The molecule has 0 aliphatic heterocycles. The van der Waals surface area contributed by atoms with Gasteiger partial charge in [0.15, 0.2) is 5.16 Å². The van der Waals surface area contributed by atoms with E-state index < -0.39 is 0 Å². The van der Waals surface area contributed by atoms with Crippen molar-refractivity contribution in [2.75, 3.05) is 0 Å². The molecular formula is C12H11BrN4S. The molecule has 92 valence electrons. The van der Waals surface area contributed by atoms with E-state index in [0.29, 0.717) is 10.9 Å². The third kappa shape index (κ3) is 3.30. The molecular weight excluding hydrogens is 312 g/mol. The molecule has 0 aliphatic rings. The van der Waals surface area contributed by atoms with E-state index in [1.807, 2.05) is 31.2 Å². The zero-order valence-electron chi connectivity index (χ0n) is 9.64. The summed E-state index contributed by atoms with van der Waals surface area (Å²) in [6.45, 7) is 1.86. The average molecular weight is 323 g/mol. The topological polar surface area (TPSA) is 75.7 Å². The second-order valence-electron chi connectivity index (χ2n) is 3.65. The van der Waals surface area contributed by atoms with Gasteiger partial charge >= 0.3 is 0 Å². The predicted molar refractivity (Wildman–Crippen MR) is 76.1 cm³/mol. The summed E-state index contributed by atoms with van der Waals surface area (Å²) < 4.78 is 1.03. The highest BCUT2D eigenvalue weighted by atomic mass is 79.9. The summed E-state index contributed by atoms with van der Waals surface area (Å²) in [4.78, 5) is 9.60. The van der Waals surface area contributed by atoms with E-state index >= 15 is 0 Å². The molecule has 0 amide bonds. The lowest BCUT2D eigenvalue weighted by Gasteiger charge is -2.04. The molecule has 1 aromatic heterocycles. The number of halogens is 1. The maximum Gasteiger partial charge on any atom is 0.193 e. The smallest absolute Gasteiger partial charge is 0.193 e. The molecule has 18 heavy (non-hydrogen) atoms. The van der Waals surface area contributed by atoms with Crippen LogP contribution in [0.15, 0.2) is 44.9 Å². The lowest BCUT2D eigenvalue weighted by Crippen LogP contribution is -2.14. The number of benzene rings is 1. The number of rotatable bonds is 3. The van der Waals surface area contributed by atoms with Crippen LogP contribution >= 0.6 is 27.7 Å². The normalized spacial score (nSPS) is 10.3. The van der Waals surface area contributed by atoms with Gasteiger partial charge in [0.25, 0.3) is 0 Å². The quantitative estimate of drug-likeness (QED) is 0.517. The Morgan fingerprint density at radius 3 is 2.56 bits per heavy atom. The largest absolute Gasteiger partial charge is 0.382 e. The van der Waals surface area contributed by atoms with Crippen molar-refractivity contribution in [3.8, 4) is 0 Å². The van der Waals surface area contributed by atoms with E-state index in [1.165, 1.54) is 11.8 Å². The van der Waals surface area contributed by atoms with E-state index in [4.69, 9.17) is 11.1 Å². The van der Waals surface area contributed by atoms with Gasteiger partial charge in [-0.15, -0.1) is 0 Å². The lowest BCUT2D eigenvalue weighted by atomic mass is 10.3. The molecule has 3 N–H and O–H groups in total. The van der Waals surface area contributed by atoms with Gasteiger partial charge in [-0.25, -0.2) is 9.97 Å². The van der Waals surface area contributed by atoms with Crippen molar-refractivity contribution in [2.24, 2.45) is 5.73 Å². The Morgan fingerprint density at radius 1 is 1.28 bits per heavy atom. The van der Waals surface area contributed by atoms with Crippen LogP contribution in [0.1, 0.15) is 11.4 Å². The van der Waals surface area contributed by atoms with Crippen LogP contribution in [0, 0.1) is 12.3 Å². The Balaban J connectivity index is 2.28. The summed E-state index contributed by atoms with van der Waals surface area (Å²) in [5, 5.41) is 8.01. The third-order valence-electron chi connectivity index (χ3n) is 2.13. The zero-order valence-corrected chi connectivity index (χ0v) is 12.0. The summed E-state index contributed by atoms with van der Waals surface area (Å²) in [7, 11) is 0. The van der Waals surface area contributed by atoms with Crippen molar-refractivity contribution >= 4 is 33.5 Å². The summed E-state index contributed by atoms with van der Waals surface area (Å²) >= 11 is 4.83. The minimum atomic E-state index is -0.0434. The highest BCUT2D eigenvalue weighted by Gasteiger charge is 2.06. The Morgan fingerprint density at radius 2 is 1.94 bits per heavy atom. The van der Waals surface area contributed by atoms with Crippen LogP contribution in [0.4, 0.5) is 0 Å². The van der Waals surface area contributed by atoms with Gasteiger partial charge in [0.1, 0.15) is 11.5 Å². The standard InChI is InChI=1S/C12H11BrN4S/c1-7-6-10(11(14)15)17-12(16-7)18-9-4-2-8(13)3-5-9/h2-6H,1H3,(H3,14,15). The fourth-order valence-electron chi connectivity index (χ4n) is 1.33. The maximum atomic E-state index is 7.41. The third-order valence-corrected chi connectivity index (χ3v) is 3.53. The molecule has 0 saturated heterocycles. The number of hydrogen-bond donors (Lipinski definition) is 2. The number of hydrogen-bond acceptors (Lipinski definition) is 4. The van der Waals surface area contributed by atoms with E-state index in [2.05, 4.69) is 25.9 Å². The molecule has 0 fully saturated rings. The average Bonchev–Trinajstić information content (AvgIpc) is 2.31. The molecule has 2 aromatic rings. The van der Waals surface area contributed by atoms with Gasteiger partial charge in [0.2, 0.25) is 0 Å². The van der Waals surface area contributed by atoms with Crippen LogP contribution in [0.3, 0.4) is 0 Å². The molecule has 4 nitrogen and oxygen atoms in total. The van der Waals surface area contributed by atoms with Crippen LogP contribution in [0.25, 0.3) is 0 Å². The van der Waals surface area contributed by atoms with Crippen molar-refractivity contribution in [1.29, 1.82) is 5.41 Å². The van der Waals surface area contributed by atoms with Crippen molar-refractivity contribution in [1.82, 2.24) is 9.97 Å². The maximum absolute atomic E-state index is 7.41. The molecule has 0 saturated carbocycles. The predicted octanol–water partition coefficient (Wildman–Crippen LogP) is 2.98. The van der Waals surface area contributed by atoms with Crippen molar-refractivity contribution in [2.45, 2.75) is 17.0 Å². The molecule has 0 unspecified atom stereocenters. The first-order valence-electron chi connectivity index (χ1n) is 5.18. The molecule has 0 spiro atoms. The zero-order chi connectivity index (χ0) is 13.1. The van der Waals surface area contributed by atoms with E-state index in [0.717, 1.165) is 15.1 Å². The van der Waals surface area contributed by atoms with Crippen LogP contribution in [-0.2, 0) is 0 Å². The van der Waals surface area contributed by atoms with Gasteiger partial charge in [-0.3, -0.25) is 5.41 Å². The number of nitrogens with zero attached hydrogens (tertiary/aromatic N) is 2. The molecule has 2 rings (SSSR count). The van der Waals surface area contributed by atoms with E-state index in [1.54, 1.807) is 6.07 Å². The number of amidine groups is 1. The van der Waals surface area contributed by atoms with Gasteiger partial charge in [-0.1, -0.05) is 15.9 Å². The number of aryl methyl sites for hydroxylation is 1. The lowest BCUT2D eigenvalue weighted by molar-refractivity contribution is 0.921. The van der Waals surface area contributed by atoms with Crippen LogP contribution < -0.4 is 5.73 Å². The fourth-order valence-corrected chi connectivity index (χ4v) is 2.41. The van der Waals surface area contributed by atoms with Crippen molar-refractivity contribution < 1.29 is 0 Å². The Kier molecular flexibility index (Phi) is 3.98. The molecule has 0 aliphatic carbocycles. The molecule has 1 heterocycles. The highest BCUT2D eigenvalue weighted by molar-refractivity contribution is 9.10. The number of nitrogens with one attached hydrogen (secondary N) is 1. The minimum Gasteiger partial charge on any atom is -0.382 e. The van der Waals surface area contributed by atoms with Gasteiger partial charge in [-0.05, 0) is 49.0 Å². The van der Waals surface area contributed by atoms with Crippen LogP contribution in [-0.4, -0.2) is 15.8 Å². The molecule has 1 aromatic carbocycles. The van der Waals surface area contributed by atoms with Gasteiger partial charge in [0, 0.05) is 15.1 Å². The summed E-state index contributed by atoms with van der Waals surface area (Å²) in [5.74, 6) is -0.0434. The molecule has 0 bridgehead atoms. The molecule has 0 atom stereocenters. The van der Waals surface area contributed by atoms with Gasteiger partial charge in [0.05, 0.1) is 0 Å². The first-order chi connectivity index (χ1) is 8.54. The number of nitrogen functional groups attached to an aromatic ring is 1. The fraction of sp³-hybridized carbons (Fsp3) is 0.0833. The summed E-state index contributed by atoms with van der Waals surface area (Å²) in [6, 6.07) is 9.59. The number of aromatic nitrogens is 2. The van der Waals surface area contributed by atoms with Crippen LogP contribution in [0.2, 0.25) is 0 Å². The second-order valence-corrected chi connectivity index (χ2v) is 5.60. The molecule has 6 heteroatoms. The van der Waals surface area contributed by atoms with Crippen molar-refractivity contribution in [3.63, 3.8) is 0 Å². The Bertz CT molecular complexity index is 583. The SMILES string of the molecule is Cc1cc(C(=N)N)nc(Sc2ccc(Br)cc2)n1. The van der Waals surface area contributed by atoms with Crippen LogP contribution in [0.5, 0.6) is 0 Å². The highest BCUT2D eigenvalue weighted by Crippen LogP contribution is 2.26. The van der Waals surface area contributed by atoms with Gasteiger partial charge in [-0.2, -0.15) is 0 Å². The molecule has 0 radical (unpaired) electrons. The van der Waals surface area contributed by atoms with Gasteiger partial charge < -0.3 is 5.73 Å². The first kappa shape index (κ1) is 13.0. The Labute approximate surface area is 118 Å². The van der Waals surface area contributed by atoms with E-state index in [9.17, 15) is 0 Å². The van der Waals surface area contributed by atoms with Crippen molar-refractivity contribution in [3.05, 3.63) is 46.2 Å².